The predicted molar refractivity (Wildman–Crippen MR) is 83.9 cm³/mol. The number of hydrogen-bond donors (Lipinski definition) is 1. The van der Waals surface area contributed by atoms with E-state index >= 15 is 0 Å². The van der Waals surface area contributed by atoms with Gasteiger partial charge in [-0.05, 0) is 30.2 Å². The van der Waals surface area contributed by atoms with Crippen molar-refractivity contribution >= 4 is 0 Å². The van der Waals surface area contributed by atoms with Crippen LogP contribution in [-0.4, -0.2) is 20.8 Å². The Kier molecular flexibility index (Phi) is 3.81. The third kappa shape index (κ3) is 2.60. The summed E-state index contributed by atoms with van der Waals surface area (Å²) in [6.07, 6.45) is 2.99. The second-order valence-electron chi connectivity index (χ2n) is 6.49. The maximum absolute atomic E-state index is 4.19. The maximum atomic E-state index is 4.19. The molecule has 1 aromatic carbocycles. The lowest BCUT2D eigenvalue weighted by molar-refractivity contribution is 0.0671. The van der Waals surface area contributed by atoms with Crippen molar-refractivity contribution in [3.05, 3.63) is 48.0 Å². The third-order valence-corrected chi connectivity index (χ3v) is 5.01. The second-order valence-corrected chi connectivity index (χ2v) is 6.49. The number of nitrogens with zero attached hydrogens (tertiary/aromatic N) is 3. The molecular formula is C17H24N4. The van der Waals surface area contributed by atoms with Crippen LogP contribution in [-0.2, 0) is 13.1 Å². The Balaban J connectivity index is 1.62. The molecule has 4 nitrogen and oxygen atoms in total. The highest BCUT2D eigenvalue weighted by Gasteiger charge is 2.48. The first-order chi connectivity index (χ1) is 10.1. The molecule has 0 bridgehead atoms. The van der Waals surface area contributed by atoms with E-state index in [2.05, 4.69) is 71.2 Å². The zero-order valence-electron chi connectivity index (χ0n) is 13.1. The molecule has 1 saturated carbocycles. The van der Waals surface area contributed by atoms with Crippen LogP contribution in [0.15, 0.2) is 36.7 Å². The minimum atomic E-state index is 0.276. The summed E-state index contributed by atoms with van der Waals surface area (Å²) in [6.45, 7) is 8.55. The smallest absolute Gasteiger partial charge is 0.146 e. The van der Waals surface area contributed by atoms with Gasteiger partial charge in [0.15, 0.2) is 0 Å². The summed E-state index contributed by atoms with van der Waals surface area (Å²) in [6, 6.07) is 11.4. The van der Waals surface area contributed by atoms with Crippen LogP contribution in [0.5, 0.6) is 0 Å². The molecule has 0 saturated heterocycles. The van der Waals surface area contributed by atoms with Gasteiger partial charge in [0.2, 0.25) is 0 Å². The molecule has 21 heavy (non-hydrogen) atoms. The molecule has 0 unspecified atom stereocenters. The molecule has 4 heteroatoms. The zero-order chi connectivity index (χ0) is 14.9. The molecule has 1 heterocycles. The molecule has 0 spiro atoms. The Bertz CT molecular complexity index is 588. The normalized spacial score (nSPS) is 23.8. The number of benzene rings is 1. The SMILES string of the molecule is CCn1cnnc1CN[C@@H]1C[C@@H](c2ccccc2)C1(C)C. The van der Waals surface area contributed by atoms with Gasteiger partial charge in [-0.25, -0.2) is 0 Å². The van der Waals surface area contributed by atoms with E-state index in [4.69, 9.17) is 0 Å². The van der Waals surface area contributed by atoms with E-state index in [1.54, 1.807) is 6.33 Å². The van der Waals surface area contributed by atoms with Crippen molar-refractivity contribution in [2.45, 2.75) is 52.2 Å². The largest absolute Gasteiger partial charge is 0.317 e. The molecule has 1 aromatic heterocycles. The van der Waals surface area contributed by atoms with Crippen molar-refractivity contribution in [2.75, 3.05) is 0 Å². The lowest BCUT2D eigenvalue weighted by atomic mass is 9.56. The van der Waals surface area contributed by atoms with Gasteiger partial charge < -0.3 is 9.88 Å². The molecule has 1 N–H and O–H groups in total. The first-order valence-electron chi connectivity index (χ1n) is 7.78. The zero-order valence-corrected chi connectivity index (χ0v) is 13.1. The summed E-state index contributed by atoms with van der Waals surface area (Å²) in [4.78, 5) is 0. The molecule has 0 amide bonds. The van der Waals surface area contributed by atoms with Gasteiger partial charge >= 0.3 is 0 Å². The van der Waals surface area contributed by atoms with Gasteiger partial charge in [-0.3, -0.25) is 0 Å². The van der Waals surface area contributed by atoms with Crippen LogP contribution >= 0.6 is 0 Å². The van der Waals surface area contributed by atoms with Crippen LogP contribution in [0.25, 0.3) is 0 Å². The third-order valence-electron chi connectivity index (χ3n) is 5.01. The fraction of sp³-hybridized carbons (Fsp3) is 0.529. The van der Waals surface area contributed by atoms with Crippen LogP contribution in [0.4, 0.5) is 0 Å². The summed E-state index contributed by atoms with van der Waals surface area (Å²) in [5.41, 5.74) is 1.73. The lowest BCUT2D eigenvalue weighted by Crippen LogP contribution is -2.55. The van der Waals surface area contributed by atoms with E-state index < -0.39 is 0 Å². The number of hydrogen-bond acceptors (Lipinski definition) is 3. The summed E-state index contributed by atoms with van der Waals surface area (Å²) in [5, 5.41) is 11.8. The van der Waals surface area contributed by atoms with Crippen LogP contribution < -0.4 is 5.32 Å². The van der Waals surface area contributed by atoms with Gasteiger partial charge in [-0.15, -0.1) is 10.2 Å². The van der Waals surface area contributed by atoms with Crippen LogP contribution in [0.1, 0.15) is 44.5 Å². The van der Waals surface area contributed by atoms with Crippen LogP contribution in [0.2, 0.25) is 0 Å². The highest BCUT2D eigenvalue weighted by Crippen LogP contribution is 2.52. The highest BCUT2D eigenvalue weighted by molar-refractivity contribution is 5.27. The molecule has 1 aliphatic rings. The molecule has 112 valence electrons. The average molecular weight is 284 g/mol. The Morgan fingerprint density at radius 1 is 1.29 bits per heavy atom. The van der Waals surface area contributed by atoms with E-state index in [1.165, 1.54) is 12.0 Å². The van der Waals surface area contributed by atoms with Crippen LogP contribution in [0.3, 0.4) is 0 Å². The topological polar surface area (TPSA) is 42.7 Å². The van der Waals surface area contributed by atoms with Gasteiger partial charge in [0.25, 0.3) is 0 Å². The van der Waals surface area contributed by atoms with Crippen molar-refractivity contribution < 1.29 is 0 Å². The van der Waals surface area contributed by atoms with Crippen molar-refractivity contribution in [1.29, 1.82) is 0 Å². The fourth-order valence-electron chi connectivity index (χ4n) is 3.42. The van der Waals surface area contributed by atoms with Gasteiger partial charge in [0.05, 0.1) is 6.54 Å². The number of aromatic nitrogens is 3. The molecule has 3 rings (SSSR count). The number of nitrogens with one attached hydrogen (secondary N) is 1. The quantitative estimate of drug-likeness (QED) is 0.918. The molecule has 0 aliphatic heterocycles. The maximum Gasteiger partial charge on any atom is 0.146 e. The van der Waals surface area contributed by atoms with E-state index in [9.17, 15) is 0 Å². The molecule has 0 radical (unpaired) electrons. The molecular weight excluding hydrogens is 260 g/mol. The number of rotatable bonds is 5. The Morgan fingerprint density at radius 2 is 2.05 bits per heavy atom. The van der Waals surface area contributed by atoms with Gasteiger partial charge in [0, 0.05) is 12.6 Å². The Hall–Kier alpha value is -1.68. The first-order valence-corrected chi connectivity index (χ1v) is 7.78. The minimum absolute atomic E-state index is 0.276. The fourth-order valence-corrected chi connectivity index (χ4v) is 3.42. The van der Waals surface area contributed by atoms with Crippen molar-refractivity contribution in [3.63, 3.8) is 0 Å². The highest BCUT2D eigenvalue weighted by atomic mass is 15.3. The van der Waals surface area contributed by atoms with E-state index in [0.717, 1.165) is 18.9 Å². The molecule has 2 aromatic rings. The summed E-state index contributed by atoms with van der Waals surface area (Å²) in [5.74, 6) is 1.66. The van der Waals surface area contributed by atoms with Gasteiger partial charge in [-0.2, -0.15) is 0 Å². The molecule has 1 fully saturated rings. The van der Waals surface area contributed by atoms with Crippen LogP contribution in [0, 0.1) is 5.41 Å². The van der Waals surface area contributed by atoms with Crippen molar-refractivity contribution in [1.82, 2.24) is 20.1 Å². The van der Waals surface area contributed by atoms with E-state index in [-0.39, 0.29) is 5.41 Å². The Labute approximate surface area is 126 Å². The lowest BCUT2D eigenvalue weighted by Gasteiger charge is -2.53. The summed E-state index contributed by atoms with van der Waals surface area (Å²) >= 11 is 0. The Morgan fingerprint density at radius 3 is 2.71 bits per heavy atom. The number of aryl methyl sites for hydroxylation is 1. The van der Waals surface area contributed by atoms with Crippen molar-refractivity contribution in [3.8, 4) is 0 Å². The van der Waals surface area contributed by atoms with Gasteiger partial charge in [0.1, 0.15) is 12.2 Å². The first kappa shape index (κ1) is 14.3. The second kappa shape index (κ2) is 5.60. The minimum Gasteiger partial charge on any atom is -0.317 e. The monoisotopic (exact) mass is 284 g/mol. The average Bonchev–Trinajstić information content (AvgIpc) is 2.94. The van der Waals surface area contributed by atoms with Crippen molar-refractivity contribution in [2.24, 2.45) is 5.41 Å². The molecule has 1 aliphatic carbocycles. The standard InChI is InChI=1S/C17H24N4/c1-4-21-12-19-20-16(21)11-18-15-10-14(17(15,2)3)13-8-6-5-7-9-13/h5-9,12,14-15,18H,4,10-11H2,1-3H3/t14-,15+/m0/s1. The van der Waals surface area contributed by atoms with E-state index in [1.807, 2.05) is 0 Å². The van der Waals surface area contributed by atoms with E-state index in [0.29, 0.717) is 12.0 Å². The summed E-state index contributed by atoms with van der Waals surface area (Å²) in [7, 11) is 0. The van der Waals surface area contributed by atoms with Gasteiger partial charge in [-0.1, -0.05) is 44.2 Å². The summed E-state index contributed by atoms with van der Waals surface area (Å²) < 4.78 is 2.09. The molecule has 2 atom stereocenters. The predicted octanol–water partition coefficient (Wildman–Crippen LogP) is 2.97.